The first-order valence-electron chi connectivity index (χ1n) is 5.86. The number of hydrogen-bond acceptors (Lipinski definition) is 4. The molecule has 1 aromatic rings. The van der Waals surface area contributed by atoms with Crippen molar-refractivity contribution in [2.75, 3.05) is 12.0 Å². The fourth-order valence-electron chi connectivity index (χ4n) is 1.52. The first kappa shape index (κ1) is 16.6. The summed E-state index contributed by atoms with van der Waals surface area (Å²) in [6, 6.07) is 3.72. The smallest absolute Gasteiger partial charge is 0.288 e. The van der Waals surface area contributed by atoms with Gasteiger partial charge in [0.25, 0.3) is 11.6 Å². The van der Waals surface area contributed by atoms with Crippen LogP contribution in [0.4, 0.5) is 5.69 Å². The van der Waals surface area contributed by atoms with E-state index in [1.54, 1.807) is 13.2 Å². The molecule has 0 aliphatic carbocycles. The second kappa shape index (κ2) is 7.35. The second-order valence-electron chi connectivity index (χ2n) is 4.36. The summed E-state index contributed by atoms with van der Waals surface area (Å²) >= 11 is 5.68. The van der Waals surface area contributed by atoms with Crippen LogP contribution in [0, 0.1) is 10.1 Å². The van der Waals surface area contributed by atoms with Gasteiger partial charge in [0.05, 0.1) is 4.92 Å². The molecular weight excluding hydrogens is 304 g/mol. The highest BCUT2D eigenvalue weighted by Crippen LogP contribution is 2.25. The second-order valence-corrected chi connectivity index (χ2v) is 6.33. The quantitative estimate of drug-likeness (QED) is 0.642. The van der Waals surface area contributed by atoms with Gasteiger partial charge in [-0.15, -0.1) is 0 Å². The van der Waals surface area contributed by atoms with Crippen molar-refractivity contribution in [3.05, 3.63) is 38.9 Å². The van der Waals surface area contributed by atoms with E-state index in [2.05, 4.69) is 5.32 Å². The maximum atomic E-state index is 11.9. The van der Waals surface area contributed by atoms with E-state index in [9.17, 15) is 19.1 Å². The molecule has 0 aliphatic heterocycles. The zero-order chi connectivity index (χ0) is 15.3. The van der Waals surface area contributed by atoms with Crippen molar-refractivity contribution in [1.29, 1.82) is 0 Å². The van der Waals surface area contributed by atoms with Gasteiger partial charge in [0, 0.05) is 40.5 Å². The number of carbonyl (C=O) groups excluding carboxylic acids is 1. The minimum Gasteiger partial charge on any atom is -0.350 e. The Morgan fingerprint density at radius 2 is 2.20 bits per heavy atom. The van der Waals surface area contributed by atoms with Crippen molar-refractivity contribution in [2.45, 2.75) is 19.4 Å². The van der Waals surface area contributed by atoms with E-state index in [-0.39, 0.29) is 22.3 Å². The predicted molar refractivity (Wildman–Crippen MR) is 78.6 cm³/mol. The summed E-state index contributed by atoms with van der Waals surface area (Å²) in [6.45, 7) is 1.79. The topological polar surface area (TPSA) is 89.3 Å². The Bertz CT molecular complexity index is 550. The van der Waals surface area contributed by atoms with Crippen LogP contribution in [0.1, 0.15) is 23.7 Å². The summed E-state index contributed by atoms with van der Waals surface area (Å²) in [7, 11) is -0.916. The van der Waals surface area contributed by atoms with Crippen molar-refractivity contribution < 1.29 is 13.9 Å². The van der Waals surface area contributed by atoms with Gasteiger partial charge in [-0.25, -0.2) is 0 Å². The van der Waals surface area contributed by atoms with Crippen LogP contribution in [0.25, 0.3) is 0 Å². The van der Waals surface area contributed by atoms with Crippen molar-refractivity contribution in [2.24, 2.45) is 0 Å². The van der Waals surface area contributed by atoms with Crippen LogP contribution in [0.3, 0.4) is 0 Å². The molecule has 1 amide bonds. The molecule has 110 valence electrons. The van der Waals surface area contributed by atoms with Crippen LogP contribution < -0.4 is 5.32 Å². The fourth-order valence-corrected chi connectivity index (χ4v) is 2.39. The van der Waals surface area contributed by atoms with Gasteiger partial charge >= 0.3 is 0 Å². The first-order valence-corrected chi connectivity index (χ1v) is 7.96. The maximum absolute atomic E-state index is 11.9. The highest BCUT2D eigenvalue weighted by Gasteiger charge is 2.17. The molecule has 0 heterocycles. The number of amides is 1. The predicted octanol–water partition coefficient (Wildman–Crippen LogP) is 2.14. The first-order chi connectivity index (χ1) is 9.31. The van der Waals surface area contributed by atoms with Crippen molar-refractivity contribution in [1.82, 2.24) is 5.32 Å². The molecule has 0 saturated carbocycles. The van der Waals surface area contributed by atoms with Crippen LogP contribution in [-0.4, -0.2) is 33.1 Å². The molecule has 2 unspecified atom stereocenters. The minimum absolute atomic E-state index is 0.0130. The summed E-state index contributed by atoms with van der Waals surface area (Å²) in [5, 5.41) is 13.4. The van der Waals surface area contributed by atoms with E-state index < -0.39 is 21.6 Å². The summed E-state index contributed by atoms with van der Waals surface area (Å²) < 4.78 is 11.0. The van der Waals surface area contributed by atoms with Gasteiger partial charge in [0.1, 0.15) is 5.02 Å². The summed E-state index contributed by atoms with van der Waals surface area (Å²) in [5.74, 6) is 0.0709. The van der Waals surface area contributed by atoms with E-state index in [1.165, 1.54) is 12.1 Å². The molecular formula is C12H15ClN2O4S. The van der Waals surface area contributed by atoms with Gasteiger partial charge in [-0.1, -0.05) is 11.6 Å². The number of nitrogens with zero attached hydrogens (tertiary/aromatic N) is 1. The largest absolute Gasteiger partial charge is 0.350 e. The zero-order valence-electron chi connectivity index (χ0n) is 11.1. The number of nitro benzene ring substituents is 1. The highest BCUT2D eigenvalue weighted by molar-refractivity contribution is 7.84. The number of halogens is 1. The third kappa shape index (κ3) is 4.90. The summed E-state index contributed by atoms with van der Waals surface area (Å²) in [4.78, 5) is 22.0. The lowest BCUT2D eigenvalue weighted by Gasteiger charge is -2.13. The van der Waals surface area contributed by atoms with Crippen molar-refractivity contribution in [3.8, 4) is 0 Å². The normalized spacial score (nSPS) is 13.6. The molecule has 1 aromatic carbocycles. The lowest BCUT2D eigenvalue weighted by Crippen LogP contribution is -2.33. The van der Waals surface area contributed by atoms with Gasteiger partial charge in [-0.2, -0.15) is 0 Å². The molecule has 0 bridgehead atoms. The molecule has 0 aromatic heterocycles. The van der Waals surface area contributed by atoms with Crippen molar-refractivity contribution in [3.63, 3.8) is 0 Å². The van der Waals surface area contributed by atoms with E-state index in [1.807, 2.05) is 0 Å². The van der Waals surface area contributed by atoms with Crippen LogP contribution >= 0.6 is 11.6 Å². The zero-order valence-corrected chi connectivity index (χ0v) is 12.7. The summed E-state index contributed by atoms with van der Waals surface area (Å²) in [5.41, 5.74) is -0.132. The Labute approximate surface area is 124 Å². The average molecular weight is 319 g/mol. The van der Waals surface area contributed by atoms with Crippen LogP contribution in [-0.2, 0) is 10.8 Å². The Hall–Kier alpha value is -1.47. The van der Waals surface area contributed by atoms with Crippen LogP contribution in [0.2, 0.25) is 5.02 Å². The van der Waals surface area contributed by atoms with E-state index in [0.29, 0.717) is 12.2 Å². The lowest BCUT2D eigenvalue weighted by molar-refractivity contribution is -0.384. The van der Waals surface area contributed by atoms with Crippen LogP contribution in [0.15, 0.2) is 18.2 Å². The SMILES string of the molecule is CC(CCS(C)=O)NC(=O)c1ccc(Cl)c([N+](=O)[O-])c1. The Morgan fingerprint density at radius 3 is 2.75 bits per heavy atom. The van der Waals surface area contributed by atoms with Gasteiger partial charge in [0.2, 0.25) is 0 Å². The molecule has 1 N–H and O–H groups in total. The molecule has 0 fully saturated rings. The number of nitro groups is 1. The fraction of sp³-hybridized carbons (Fsp3) is 0.417. The lowest BCUT2D eigenvalue weighted by atomic mass is 10.1. The maximum Gasteiger partial charge on any atom is 0.288 e. The average Bonchev–Trinajstić information content (AvgIpc) is 2.36. The number of benzene rings is 1. The molecule has 2 atom stereocenters. The van der Waals surface area contributed by atoms with Gasteiger partial charge in [-0.05, 0) is 25.5 Å². The standard InChI is InChI=1S/C12H15ClN2O4S/c1-8(5-6-20(2)19)14-12(16)9-3-4-10(13)11(7-9)15(17)18/h3-4,7-8H,5-6H2,1-2H3,(H,14,16). The molecule has 0 spiro atoms. The van der Waals surface area contributed by atoms with Gasteiger partial charge < -0.3 is 5.32 Å². The third-order valence-corrected chi connectivity index (χ3v) is 3.75. The monoisotopic (exact) mass is 318 g/mol. The number of hydrogen-bond donors (Lipinski definition) is 1. The Morgan fingerprint density at radius 1 is 1.55 bits per heavy atom. The molecule has 8 heteroatoms. The molecule has 1 rings (SSSR count). The molecule has 0 radical (unpaired) electrons. The summed E-state index contributed by atoms with van der Waals surface area (Å²) in [6.07, 6.45) is 2.17. The minimum atomic E-state index is -0.916. The van der Waals surface area contributed by atoms with E-state index >= 15 is 0 Å². The molecule has 20 heavy (non-hydrogen) atoms. The van der Waals surface area contributed by atoms with E-state index in [0.717, 1.165) is 6.07 Å². The van der Waals surface area contributed by atoms with Gasteiger partial charge in [-0.3, -0.25) is 19.1 Å². The van der Waals surface area contributed by atoms with Gasteiger partial charge in [0.15, 0.2) is 0 Å². The van der Waals surface area contributed by atoms with Crippen molar-refractivity contribution >= 4 is 34.0 Å². The number of rotatable bonds is 6. The number of carbonyl (C=O) groups is 1. The molecule has 0 saturated heterocycles. The molecule has 6 nitrogen and oxygen atoms in total. The molecule has 0 aliphatic rings. The Kier molecular flexibility index (Phi) is 6.09. The number of nitrogens with one attached hydrogen (secondary N) is 1. The third-order valence-electron chi connectivity index (χ3n) is 2.62. The van der Waals surface area contributed by atoms with Crippen LogP contribution in [0.5, 0.6) is 0 Å². The van der Waals surface area contributed by atoms with E-state index in [4.69, 9.17) is 11.6 Å². The highest BCUT2D eigenvalue weighted by atomic mass is 35.5. The Balaban J connectivity index is 2.75.